The van der Waals surface area contributed by atoms with Gasteiger partial charge in [-0.25, -0.2) is 13.1 Å². The number of amidine groups is 1. The van der Waals surface area contributed by atoms with Crippen molar-refractivity contribution < 1.29 is 8.42 Å². The number of nitrogens with two attached hydrogens (primary N) is 1. The highest BCUT2D eigenvalue weighted by Gasteiger charge is 2.07. The molecule has 0 saturated carbocycles. The molecule has 0 radical (unpaired) electrons. The summed E-state index contributed by atoms with van der Waals surface area (Å²) in [6.45, 7) is 1.87. The molecule has 0 heterocycles. The van der Waals surface area contributed by atoms with Crippen molar-refractivity contribution >= 4 is 15.9 Å². The molecule has 0 spiro atoms. The molecule has 1 unspecified atom stereocenters. The molecule has 5 nitrogen and oxygen atoms in total. The summed E-state index contributed by atoms with van der Waals surface area (Å²) in [5, 5.41) is 6.95. The molecule has 0 bridgehead atoms. The van der Waals surface area contributed by atoms with Gasteiger partial charge >= 0.3 is 0 Å². The molecule has 0 aliphatic carbocycles. The minimum atomic E-state index is -3.15. The first kappa shape index (κ1) is 10.4. The third kappa shape index (κ3) is 5.81. The van der Waals surface area contributed by atoms with E-state index in [2.05, 4.69) is 4.72 Å². The van der Waals surface area contributed by atoms with E-state index in [4.69, 9.17) is 11.1 Å². The molecular formula is C5H13N3O2S. The van der Waals surface area contributed by atoms with Crippen LogP contribution in [0.1, 0.15) is 6.92 Å². The minimum Gasteiger partial charge on any atom is -0.387 e. The zero-order valence-corrected chi connectivity index (χ0v) is 7.40. The van der Waals surface area contributed by atoms with Crippen LogP contribution in [-0.4, -0.2) is 27.1 Å². The average Bonchev–Trinajstić information content (AvgIpc) is 1.80. The van der Waals surface area contributed by atoms with Gasteiger partial charge in [0.1, 0.15) is 0 Å². The fraction of sp³-hybridized carbons (Fsp3) is 0.800. The lowest BCUT2D eigenvalue weighted by molar-refractivity contribution is 0.580. The Hall–Kier alpha value is -0.620. The highest BCUT2D eigenvalue weighted by atomic mass is 32.2. The number of hydrogen-bond donors (Lipinski definition) is 3. The number of nitrogens with one attached hydrogen (secondary N) is 2. The van der Waals surface area contributed by atoms with Gasteiger partial charge in [0.2, 0.25) is 10.0 Å². The molecular weight excluding hydrogens is 166 g/mol. The fourth-order valence-electron chi connectivity index (χ4n) is 0.386. The highest BCUT2D eigenvalue weighted by molar-refractivity contribution is 7.88. The molecule has 66 valence electrons. The molecule has 0 aliphatic rings. The van der Waals surface area contributed by atoms with Crippen molar-refractivity contribution in [1.29, 1.82) is 5.41 Å². The lowest BCUT2D eigenvalue weighted by Crippen LogP contribution is -2.33. The second-order valence-electron chi connectivity index (χ2n) is 2.48. The molecule has 0 fully saturated rings. The van der Waals surface area contributed by atoms with Crippen molar-refractivity contribution in [2.24, 2.45) is 11.7 Å². The van der Waals surface area contributed by atoms with Crippen molar-refractivity contribution in [1.82, 2.24) is 4.72 Å². The first-order chi connectivity index (χ1) is 4.83. The van der Waals surface area contributed by atoms with Crippen LogP contribution in [-0.2, 0) is 10.0 Å². The number of sulfonamides is 1. The second-order valence-corrected chi connectivity index (χ2v) is 4.31. The van der Waals surface area contributed by atoms with E-state index in [1.54, 1.807) is 6.92 Å². The Balaban J connectivity index is 3.82. The van der Waals surface area contributed by atoms with E-state index in [1.807, 2.05) is 0 Å². The molecule has 0 aromatic rings. The molecule has 4 N–H and O–H groups in total. The summed E-state index contributed by atoms with van der Waals surface area (Å²) in [5.41, 5.74) is 5.11. The monoisotopic (exact) mass is 179 g/mol. The Morgan fingerprint density at radius 3 is 2.45 bits per heavy atom. The largest absolute Gasteiger partial charge is 0.387 e. The Morgan fingerprint density at radius 1 is 1.73 bits per heavy atom. The third-order valence-corrected chi connectivity index (χ3v) is 1.87. The summed E-state index contributed by atoms with van der Waals surface area (Å²) >= 11 is 0. The third-order valence-electron chi connectivity index (χ3n) is 1.18. The summed E-state index contributed by atoms with van der Waals surface area (Å²) in [5.74, 6) is -0.258. The molecule has 0 aromatic heterocycles. The first-order valence-corrected chi connectivity index (χ1v) is 5.00. The molecule has 0 amide bonds. The smallest absolute Gasteiger partial charge is 0.208 e. The van der Waals surface area contributed by atoms with E-state index in [0.717, 1.165) is 6.26 Å². The highest BCUT2D eigenvalue weighted by Crippen LogP contribution is 1.90. The van der Waals surface area contributed by atoms with E-state index >= 15 is 0 Å². The Morgan fingerprint density at radius 2 is 2.18 bits per heavy atom. The Labute approximate surface area is 66.5 Å². The maximum Gasteiger partial charge on any atom is 0.208 e. The molecule has 0 aromatic carbocycles. The predicted molar refractivity (Wildman–Crippen MR) is 43.9 cm³/mol. The van der Waals surface area contributed by atoms with E-state index in [9.17, 15) is 8.42 Å². The van der Waals surface area contributed by atoms with E-state index < -0.39 is 10.0 Å². The summed E-state index contributed by atoms with van der Waals surface area (Å²) in [6.07, 6.45) is 1.07. The van der Waals surface area contributed by atoms with Crippen molar-refractivity contribution in [3.63, 3.8) is 0 Å². The summed E-state index contributed by atoms with van der Waals surface area (Å²) in [4.78, 5) is 0. The zero-order chi connectivity index (χ0) is 9.07. The fourth-order valence-corrected chi connectivity index (χ4v) is 0.939. The second kappa shape index (κ2) is 3.68. The van der Waals surface area contributed by atoms with Gasteiger partial charge in [-0.2, -0.15) is 0 Å². The number of hydrogen-bond acceptors (Lipinski definition) is 3. The lowest BCUT2D eigenvalue weighted by atomic mass is 10.2. The summed E-state index contributed by atoms with van der Waals surface area (Å²) in [6, 6.07) is 0. The number of rotatable bonds is 4. The van der Waals surface area contributed by atoms with E-state index in [1.165, 1.54) is 0 Å². The van der Waals surface area contributed by atoms with Gasteiger partial charge in [0.05, 0.1) is 12.1 Å². The van der Waals surface area contributed by atoms with Crippen molar-refractivity contribution in [2.45, 2.75) is 6.92 Å². The molecule has 0 rings (SSSR count). The lowest BCUT2D eigenvalue weighted by Gasteiger charge is -2.08. The van der Waals surface area contributed by atoms with E-state index in [0.29, 0.717) is 0 Å². The van der Waals surface area contributed by atoms with Crippen molar-refractivity contribution in [2.75, 3.05) is 12.8 Å². The molecule has 0 aliphatic heterocycles. The van der Waals surface area contributed by atoms with Gasteiger partial charge in [0.25, 0.3) is 0 Å². The van der Waals surface area contributed by atoms with Gasteiger partial charge in [-0.1, -0.05) is 6.92 Å². The van der Waals surface area contributed by atoms with Crippen molar-refractivity contribution in [3.8, 4) is 0 Å². The van der Waals surface area contributed by atoms with Crippen LogP contribution >= 0.6 is 0 Å². The van der Waals surface area contributed by atoms with Crippen LogP contribution in [0.3, 0.4) is 0 Å². The van der Waals surface area contributed by atoms with Gasteiger partial charge in [-0.05, 0) is 0 Å². The molecule has 6 heteroatoms. The summed E-state index contributed by atoms with van der Waals surface area (Å²) < 4.78 is 23.3. The molecule has 1 atom stereocenters. The zero-order valence-electron chi connectivity index (χ0n) is 6.59. The van der Waals surface area contributed by atoms with Crippen LogP contribution in [0.25, 0.3) is 0 Å². The van der Waals surface area contributed by atoms with Gasteiger partial charge in [-0.3, -0.25) is 5.41 Å². The maximum absolute atomic E-state index is 10.5. The van der Waals surface area contributed by atoms with Crippen LogP contribution in [0.2, 0.25) is 0 Å². The minimum absolute atomic E-state index is 0.0128. The van der Waals surface area contributed by atoms with Gasteiger partial charge < -0.3 is 5.73 Å². The van der Waals surface area contributed by atoms with Crippen LogP contribution in [0, 0.1) is 11.3 Å². The molecule has 11 heavy (non-hydrogen) atoms. The van der Waals surface area contributed by atoms with Gasteiger partial charge in [0.15, 0.2) is 0 Å². The van der Waals surface area contributed by atoms with Crippen LogP contribution in [0.4, 0.5) is 0 Å². The Bertz CT molecular complexity index is 234. The normalized spacial score (nSPS) is 14.4. The van der Waals surface area contributed by atoms with Crippen molar-refractivity contribution in [3.05, 3.63) is 0 Å². The molecule has 0 saturated heterocycles. The SMILES string of the molecule is CC(CNS(C)(=O)=O)C(=N)N. The topological polar surface area (TPSA) is 96.0 Å². The maximum atomic E-state index is 10.5. The quantitative estimate of drug-likeness (QED) is 0.386. The van der Waals surface area contributed by atoms with Gasteiger partial charge in [0, 0.05) is 12.5 Å². The van der Waals surface area contributed by atoms with E-state index in [-0.39, 0.29) is 18.3 Å². The predicted octanol–water partition coefficient (Wildman–Crippen LogP) is -0.892. The average molecular weight is 179 g/mol. The van der Waals surface area contributed by atoms with Crippen LogP contribution in [0.15, 0.2) is 0 Å². The standard InChI is InChI=1S/C5H13N3O2S/c1-4(5(6)7)3-8-11(2,9)10/h4,8H,3H2,1-2H3,(H3,6,7). The Kier molecular flexibility index (Phi) is 3.47. The van der Waals surface area contributed by atoms with Gasteiger partial charge in [-0.15, -0.1) is 0 Å². The summed E-state index contributed by atoms with van der Waals surface area (Å²) in [7, 11) is -3.15. The first-order valence-electron chi connectivity index (χ1n) is 3.11. The van der Waals surface area contributed by atoms with Crippen LogP contribution in [0.5, 0.6) is 0 Å². The van der Waals surface area contributed by atoms with Crippen LogP contribution < -0.4 is 10.5 Å².